The first-order chi connectivity index (χ1) is 11.0. The third-order valence-corrected chi connectivity index (χ3v) is 8.69. The Morgan fingerprint density at radius 3 is 2.33 bits per heavy atom. The molecule has 1 aromatic rings. The van der Waals surface area contributed by atoms with Gasteiger partial charge in [-0.3, -0.25) is 10.1 Å². The summed E-state index contributed by atoms with van der Waals surface area (Å²) in [6.07, 6.45) is 0. The Hall–Kier alpha value is -0.213. The Labute approximate surface area is 169 Å². The standard InChI is InChI=1S/C13H10N3O2S5.Li/c1-9-2-4-10(5-3-9)23(17,18)16-15-14-11-8-21-13(22-11)12-19-6-7-20-12;/h2-8H,1H3;/q-1;+1. The molecule has 0 unspecified atom stereocenters. The summed E-state index contributed by atoms with van der Waals surface area (Å²) < 4.78 is 26.4. The average Bonchev–Trinajstić information content (AvgIpc) is 3.18. The van der Waals surface area contributed by atoms with Crippen LogP contribution in [0.4, 0.5) is 0 Å². The number of hydrogen-bond donors (Lipinski definition) is 0. The molecular weight excluding hydrogens is 397 g/mol. The van der Waals surface area contributed by atoms with Gasteiger partial charge in [0.25, 0.3) is 0 Å². The van der Waals surface area contributed by atoms with E-state index < -0.39 is 10.0 Å². The van der Waals surface area contributed by atoms with E-state index in [0.29, 0.717) is 5.03 Å². The Balaban J connectivity index is 0.00000208. The third-order valence-electron chi connectivity index (χ3n) is 2.64. The van der Waals surface area contributed by atoms with Crippen molar-refractivity contribution in [3.8, 4) is 0 Å². The number of aryl methyl sites for hydroxylation is 1. The van der Waals surface area contributed by atoms with Gasteiger partial charge in [0.2, 0.25) is 10.0 Å². The van der Waals surface area contributed by atoms with E-state index >= 15 is 0 Å². The number of benzene rings is 1. The Morgan fingerprint density at radius 1 is 1.00 bits per heavy atom. The molecule has 3 rings (SSSR count). The van der Waals surface area contributed by atoms with Crippen molar-refractivity contribution in [2.45, 2.75) is 11.8 Å². The Kier molecular flexibility index (Phi) is 7.49. The molecule has 24 heavy (non-hydrogen) atoms. The largest absolute Gasteiger partial charge is 1.00 e. The van der Waals surface area contributed by atoms with Crippen molar-refractivity contribution >= 4 is 57.1 Å². The minimum Gasteiger partial charge on any atom is -0.342 e. The van der Waals surface area contributed by atoms with Crippen LogP contribution in [0.25, 0.3) is 4.83 Å². The summed E-state index contributed by atoms with van der Waals surface area (Å²) in [4.78, 5) is 3.48. The van der Waals surface area contributed by atoms with E-state index in [1.54, 1.807) is 47.4 Å². The topological polar surface area (TPSA) is 73.0 Å². The quantitative estimate of drug-likeness (QED) is 0.434. The zero-order chi connectivity index (χ0) is 16.3. The normalized spacial score (nSPS) is 17.3. The number of thioether (sulfide) groups is 4. The molecule has 0 atom stereocenters. The number of nitrogens with zero attached hydrogens (tertiary/aromatic N) is 3. The van der Waals surface area contributed by atoms with Crippen molar-refractivity contribution in [1.29, 1.82) is 0 Å². The van der Waals surface area contributed by atoms with Crippen LogP contribution in [0, 0.1) is 6.92 Å². The SMILES string of the molecule is Cc1ccc(S(=O)(=O)[N-]/N=N/C2=CSC(=C3SC=CS3)S2)cc1.[Li+]. The molecule has 5 nitrogen and oxygen atoms in total. The van der Waals surface area contributed by atoms with Gasteiger partial charge in [-0.25, -0.2) is 8.42 Å². The summed E-state index contributed by atoms with van der Waals surface area (Å²) in [6, 6.07) is 6.45. The molecule has 2 heterocycles. The molecule has 2 aliphatic rings. The molecule has 0 fully saturated rings. The molecule has 2 aliphatic heterocycles. The molecule has 0 saturated carbocycles. The van der Waals surface area contributed by atoms with Gasteiger partial charge in [-0.05, 0) is 35.3 Å². The van der Waals surface area contributed by atoms with Crippen LogP contribution in [-0.4, -0.2) is 8.42 Å². The second-order valence-corrected chi connectivity index (χ2v) is 10.2. The summed E-state index contributed by atoms with van der Waals surface area (Å²) in [7, 11) is -3.81. The predicted octanol–water partition coefficient (Wildman–Crippen LogP) is 2.79. The summed E-state index contributed by atoms with van der Waals surface area (Å²) in [6.45, 7) is 1.89. The molecule has 0 aromatic heterocycles. The zero-order valence-corrected chi connectivity index (χ0v) is 16.8. The van der Waals surface area contributed by atoms with Gasteiger partial charge in [-0.2, -0.15) is 0 Å². The van der Waals surface area contributed by atoms with Gasteiger partial charge in [0.05, 0.1) is 13.4 Å². The maximum absolute atomic E-state index is 12.0. The first-order valence-corrected chi connectivity index (χ1v) is 11.2. The first-order valence-electron chi connectivity index (χ1n) is 6.26. The van der Waals surface area contributed by atoms with Gasteiger partial charge < -0.3 is 5.11 Å². The van der Waals surface area contributed by atoms with Crippen LogP contribution < -0.4 is 18.9 Å². The van der Waals surface area contributed by atoms with E-state index in [4.69, 9.17) is 0 Å². The van der Waals surface area contributed by atoms with E-state index in [1.807, 2.05) is 23.1 Å². The monoisotopic (exact) mass is 407 g/mol. The van der Waals surface area contributed by atoms with Crippen molar-refractivity contribution < 1.29 is 27.3 Å². The maximum Gasteiger partial charge on any atom is 1.00 e. The van der Waals surface area contributed by atoms with Crippen LogP contribution in [-0.2, 0) is 10.0 Å². The number of hydrogen-bond acceptors (Lipinski definition) is 8. The van der Waals surface area contributed by atoms with Gasteiger partial charge in [-0.1, -0.05) is 64.7 Å². The fourth-order valence-electron chi connectivity index (χ4n) is 1.55. The van der Waals surface area contributed by atoms with Crippen LogP contribution >= 0.6 is 47.0 Å². The molecule has 0 spiro atoms. The molecule has 0 N–H and O–H groups in total. The van der Waals surface area contributed by atoms with Crippen LogP contribution in [0.3, 0.4) is 0 Å². The van der Waals surface area contributed by atoms with E-state index in [9.17, 15) is 8.42 Å². The van der Waals surface area contributed by atoms with E-state index in [0.717, 1.165) is 9.80 Å². The van der Waals surface area contributed by atoms with E-state index in [1.165, 1.54) is 28.1 Å². The predicted molar refractivity (Wildman–Crippen MR) is 101 cm³/mol. The molecule has 1 aromatic carbocycles. The van der Waals surface area contributed by atoms with Gasteiger partial charge in [0, 0.05) is 5.03 Å². The summed E-state index contributed by atoms with van der Waals surface area (Å²) >= 11 is 6.35. The fourth-order valence-corrected chi connectivity index (χ4v) is 6.45. The second-order valence-electron chi connectivity index (χ2n) is 4.32. The van der Waals surface area contributed by atoms with Gasteiger partial charge >= 0.3 is 18.9 Å². The van der Waals surface area contributed by atoms with Crippen molar-refractivity contribution in [3.63, 3.8) is 0 Å². The summed E-state index contributed by atoms with van der Waals surface area (Å²) in [5.74, 6) is 0. The summed E-state index contributed by atoms with van der Waals surface area (Å²) in [5.41, 5.74) is 0.979. The number of rotatable bonds is 4. The van der Waals surface area contributed by atoms with E-state index in [-0.39, 0.29) is 23.8 Å². The third kappa shape index (κ3) is 5.14. The molecule has 0 saturated heterocycles. The minimum atomic E-state index is -3.81. The van der Waals surface area contributed by atoms with Crippen molar-refractivity contribution in [3.05, 3.63) is 64.4 Å². The molecule has 120 valence electrons. The number of sulfonamides is 1. The van der Waals surface area contributed by atoms with Gasteiger partial charge in [0.15, 0.2) is 0 Å². The van der Waals surface area contributed by atoms with Crippen LogP contribution in [0.15, 0.2) is 69.2 Å². The van der Waals surface area contributed by atoms with Crippen LogP contribution in [0.2, 0.25) is 0 Å². The molecule has 0 radical (unpaired) electrons. The van der Waals surface area contributed by atoms with Crippen molar-refractivity contribution in [2.24, 2.45) is 10.3 Å². The van der Waals surface area contributed by atoms with Gasteiger partial charge in [0.1, 0.15) is 0 Å². The first kappa shape index (κ1) is 20.1. The average molecular weight is 408 g/mol. The molecule has 0 aliphatic carbocycles. The Morgan fingerprint density at radius 2 is 1.67 bits per heavy atom. The summed E-state index contributed by atoms with van der Waals surface area (Å²) in [5, 5.41) is 13.9. The Bertz CT molecular complexity index is 822. The minimum absolute atomic E-state index is 0. The van der Waals surface area contributed by atoms with Gasteiger partial charge in [-0.15, -0.1) is 0 Å². The van der Waals surface area contributed by atoms with Crippen LogP contribution in [0.1, 0.15) is 5.56 Å². The second kappa shape index (κ2) is 8.94. The molecule has 0 amide bonds. The van der Waals surface area contributed by atoms with E-state index in [2.05, 4.69) is 15.2 Å². The van der Waals surface area contributed by atoms with Crippen molar-refractivity contribution in [1.82, 2.24) is 0 Å². The molecule has 11 heteroatoms. The molecule has 0 bridgehead atoms. The zero-order valence-electron chi connectivity index (χ0n) is 12.7. The van der Waals surface area contributed by atoms with Crippen molar-refractivity contribution in [2.75, 3.05) is 0 Å². The fraction of sp³-hybridized carbons (Fsp3) is 0.0769. The maximum atomic E-state index is 12.0. The molecular formula is C13H10LiN3O2S5. The van der Waals surface area contributed by atoms with Crippen LogP contribution in [0.5, 0.6) is 0 Å². The smallest absolute Gasteiger partial charge is 0.342 e.